The monoisotopic (exact) mass is 452 g/mol. The molecule has 4 heterocycles. The van der Waals surface area contributed by atoms with Crippen molar-refractivity contribution in [3.05, 3.63) is 57.6 Å². The first kappa shape index (κ1) is 20.3. The van der Waals surface area contributed by atoms with Gasteiger partial charge in [-0.2, -0.15) is 0 Å². The van der Waals surface area contributed by atoms with E-state index in [-0.39, 0.29) is 5.56 Å². The number of nitrogens with zero attached hydrogens (tertiary/aromatic N) is 5. The Balaban J connectivity index is 1.59. The molecule has 1 fully saturated rings. The first-order valence-electron chi connectivity index (χ1n) is 9.92. The van der Waals surface area contributed by atoms with Gasteiger partial charge < -0.3 is 4.74 Å². The largest absolute Gasteiger partial charge is 0.379 e. The van der Waals surface area contributed by atoms with Gasteiger partial charge in [-0.05, 0) is 24.2 Å². The van der Waals surface area contributed by atoms with Crippen molar-refractivity contribution in [2.24, 2.45) is 0 Å². The number of thiophene rings is 1. The molecular weight excluding hydrogens is 432 g/mol. The van der Waals surface area contributed by atoms with Crippen LogP contribution in [0.15, 0.2) is 50.7 Å². The number of aromatic amines is 1. The van der Waals surface area contributed by atoms with Crippen molar-refractivity contribution in [1.29, 1.82) is 0 Å². The van der Waals surface area contributed by atoms with Crippen molar-refractivity contribution < 1.29 is 4.74 Å². The summed E-state index contributed by atoms with van der Waals surface area (Å²) in [6.07, 6.45) is 0. The first-order chi connectivity index (χ1) is 15.2. The summed E-state index contributed by atoms with van der Waals surface area (Å²) in [5.41, 5.74) is 2.27. The molecule has 1 aliphatic rings. The Bertz CT molecular complexity index is 1270. The van der Waals surface area contributed by atoms with Gasteiger partial charge in [0, 0.05) is 24.0 Å². The third kappa shape index (κ3) is 4.38. The number of hydrogen-bond donors (Lipinski definition) is 1. The lowest BCUT2D eigenvalue weighted by Crippen LogP contribution is -2.36. The van der Waals surface area contributed by atoms with Gasteiger partial charge in [-0.25, -0.2) is 9.97 Å². The van der Waals surface area contributed by atoms with Crippen LogP contribution >= 0.6 is 23.1 Å². The molecule has 1 saturated heterocycles. The summed E-state index contributed by atoms with van der Waals surface area (Å²) in [5.74, 6) is 0.751. The van der Waals surface area contributed by atoms with Crippen molar-refractivity contribution in [3.8, 4) is 11.1 Å². The minimum absolute atomic E-state index is 0.245. The van der Waals surface area contributed by atoms with E-state index in [0.717, 1.165) is 58.5 Å². The van der Waals surface area contributed by atoms with Gasteiger partial charge in [0.15, 0.2) is 5.16 Å². The van der Waals surface area contributed by atoms with Gasteiger partial charge in [0.25, 0.3) is 5.56 Å². The van der Waals surface area contributed by atoms with Gasteiger partial charge in [-0.15, -0.1) is 21.5 Å². The Morgan fingerprint density at radius 1 is 1.16 bits per heavy atom. The number of hydrogen-bond acceptors (Lipinski definition) is 9. The lowest BCUT2D eigenvalue weighted by molar-refractivity contribution is 0.0330. The zero-order valence-corrected chi connectivity index (χ0v) is 18.5. The number of fused-ring (bicyclic) bond motifs is 1. The molecule has 3 aromatic heterocycles. The molecule has 158 valence electrons. The van der Waals surface area contributed by atoms with E-state index in [9.17, 15) is 4.79 Å². The maximum Gasteiger partial charge on any atom is 0.273 e. The summed E-state index contributed by atoms with van der Waals surface area (Å²) in [4.78, 5) is 27.8. The summed E-state index contributed by atoms with van der Waals surface area (Å²) < 4.78 is 5.45. The van der Waals surface area contributed by atoms with Crippen LogP contribution in [0.5, 0.6) is 0 Å². The molecule has 1 aliphatic heterocycles. The van der Waals surface area contributed by atoms with Crippen molar-refractivity contribution >= 4 is 33.3 Å². The molecular formula is C21H20N6O2S2. The SMILES string of the molecule is Cc1nnc(Sc2nc(CN3CCOCC3)nc3scc(-c4ccccc4)c23)[nH]c1=O. The maximum atomic E-state index is 12.0. The number of aromatic nitrogens is 5. The molecule has 8 nitrogen and oxygen atoms in total. The summed E-state index contributed by atoms with van der Waals surface area (Å²) in [7, 11) is 0. The highest BCUT2D eigenvalue weighted by molar-refractivity contribution is 7.99. The van der Waals surface area contributed by atoms with Crippen LogP contribution in [0.4, 0.5) is 0 Å². The van der Waals surface area contributed by atoms with E-state index >= 15 is 0 Å². The number of morpholine rings is 1. The van der Waals surface area contributed by atoms with Crippen molar-refractivity contribution in [2.45, 2.75) is 23.7 Å². The minimum atomic E-state index is -0.245. The van der Waals surface area contributed by atoms with Crippen LogP contribution in [0.1, 0.15) is 11.5 Å². The van der Waals surface area contributed by atoms with Crippen molar-refractivity contribution in [3.63, 3.8) is 0 Å². The van der Waals surface area contributed by atoms with E-state index in [1.54, 1.807) is 18.3 Å². The number of nitrogens with one attached hydrogen (secondary N) is 1. The Labute approximate surface area is 186 Å². The van der Waals surface area contributed by atoms with Crippen LogP contribution in [-0.2, 0) is 11.3 Å². The predicted octanol–water partition coefficient (Wildman–Crippen LogP) is 3.13. The molecule has 0 radical (unpaired) electrons. The molecule has 1 N–H and O–H groups in total. The molecule has 0 atom stereocenters. The Morgan fingerprint density at radius 2 is 1.97 bits per heavy atom. The fourth-order valence-corrected chi connectivity index (χ4v) is 5.30. The van der Waals surface area contributed by atoms with Gasteiger partial charge in [0.05, 0.1) is 25.1 Å². The molecule has 10 heteroatoms. The van der Waals surface area contributed by atoms with E-state index < -0.39 is 0 Å². The van der Waals surface area contributed by atoms with Crippen LogP contribution in [0, 0.1) is 6.92 Å². The van der Waals surface area contributed by atoms with Gasteiger partial charge in [-0.1, -0.05) is 30.3 Å². The standard InChI is InChI=1S/C21H20N6O2S2/c1-13-18(28)24-21(26-25-13)31-20-17-15(14-5-3-2-4-6-14)12-30-19(17)22-16(23-20)11-27-7-9-29-10-8-27/h2-6,12H,7-11H2,1H3,(H,24,26,28). The van der Waals surface area contributed by atoms with E-state index in [0.29, 0.717) is 17.4 Å². The quantitative estimate of drug-likeness (QED) is 0.462. The Morgan fingerprint density at radius 3 is 2.74 bits per heavy atom. The summed E-state index contributed by atoms with van der Waals surface area (Å²) >= 11 is 2.91. The number of ether oxygens (including phenoxy) is 1. The second-order valence-corrected chi connectivity index (χ2v) is 9.01. The summed E-state index contributed by atoms with van der Waals surface area (Å²) in [6, 6.07) is 10.2. The van der Waals surface area contributed by atoms with Crippen LogP contribution in [0.25, 0.3) is 21.3 Å². The lowest BCUT2D eigenvalue weighted by atomic mass is 10.1. The molecule has 1 aromatic carbocycles. The average molecular weight is 453 g/mol. The highest BCUT2D eigenvalue weighted by Gasteiger charge is 2.19. The number of H-pyrrole nitrogens is 1. The smallest absolute Gasteiger partial charge is 0.273 e. The van der Waals surface area contributed by atoms with Gasteiger partial charge >= 0.3 is 0 Å². The van der Waals surface area contributed by atoms with Crippen LogP contribution in [0.2, 0.25) is 0 Å². The molecule has 5 rings (SSSR count). The number of rotatable bonds is 5. The van der Waals surface area contributed by atoms with E-state index in [2.05, 4.69) is 37.6 Å². The highest BCUT2D eigenvalue weighted by atomic mass is 32.2. The number of aryl methyl sites for hydroxylation is 1. The summed E-state index contributed by atoms with van der Waals surface area (Å²) in [5, 5.41) is 12.4. The number of benzene rings is 1. The zero-order valence-electron chi connectivity index (χ0n) is 16.9. The van der Waals surface area contributed by atoms with E-state index in [1.165, 1.54) is 11.8 Å². The molecule has 0 amide bonds. The fraction of sp³-hybridized carbons (Fsp3) is 0.286. The predicted molar refractivity (Wildman–Crippen MR) is 120 cm³/mol. The first-order valence-corrected chi connectivity index (χ1v) is 11.6. The molecule has 0 bridgehead atoms. The highest BCUT2D eigenvalue weighted by Crippen LogP contribution is 2.39. The Kier molecular flexibility index (Phi) is 5.77. The summed E-state index contributed by atoms with van der Waals surface area (Å²) in [6.45, 7) is 5.46. The van der Waals surface area contributed by atoms with Crippen molar-refractivity contribution in [2.75, 3.05) is 26.3 Å². The molecule has 31 heavy (non-hydrogen) atoms. The third-order valence-electron chi connectivity index (χ3n) is 5.03. The van der Waals surface area contributed by atoms with Crippen LogP contribution in [-0.4, -0.2) is 56.4 Å². The second-order valence-electron chi connectivity index (χ2n) is 7.18. The van der Waals surface area contributed by atoms with Gasteiger partial charge in [-0.3, -0.25) is 14.7 Å². The topological polar surface area (TPSA) is 96.9 Å². The maximum absolute atomic E-state index is 12.0. The molecule has 0 aliphatic carbocycles. The average Bonchev–Trinajstić information content (AvgIpc) is 3.22. The normalized spacial score (nSPS) is 14.9. The van der Waals surface area contributed by atoms with Gasteiger partial charge in [0.1, 0.15) is 21.4 Å². The lowest BCUT2D eigenvalue weighted by Gasteiger charge is -2.25. The van der Waals surface area contributed by atoms with Crippen molar-refractivity contribution in [1.82, 2.24) is 30.0 Å². The van der Waals surface area contributed by atoms with Gasteiger partial charge in [0.2, 0.25) is 0 Å². The van der Waals surface area contributed by atoms with Crippen LogP contribution in [0.3, 0.4) is 0 Å². The zero-order chi connectivity index (χ0) is 21.2. The molecule has 0 unspecified atom stereocenters. The third-order valence-corrected chi connectivity index (χ3v) is 6.77. The Hall–Kier alpha value is -2.66. The minimum Gasteiger partial charge on any atom is -0.379 e. The van der Waals surface area contributed by atoms with Crippen LogP contribution < -0.4 is 5.56 Å². The van der Waals surface area contributed by atoms with E-state index in [1.807, 2.05) is 18.2 Å². The van der Waals surface area contributed by atoms with E-state index in [4.69, 9.17) is 14.7 Å². The molecule has 4 aromatic rings. The fourth-order valence-electron chi connectivity index (χ4n) is 3.40. The molecule has 0 saturated carbocycles. The molecule has 0 spiro atoms. The second kappa shape index (κ2) is 8.83.